The molecule has 4 rings (SSSR count). The highest BCUT2D eigenvalue weighted by atomic mass is 32.2. The number of nitriles is 1. The van der Waals surface area contributed by atoms with Crippen molar-refractivity contribution < 1.29 is 4.79 Å². The Morgan fingerprint density at radius 3 is 2.85 bits per heavy atom. The van der Waals surface area contributed by atoms with Crippen molar-refractivity contribution in [3.05, 3.63) is 50.6 Å². The number of rotatable bonds is 5. The Balaban J connectivity index is 1.42. The number of hydrogen-bond donors (Lipinski definition) is 1. The molecule has 0 aliphatic heterocycles. The van der Waals surface area contributed by atoms with Crippen molar-refractivity contribution in [1.29, 1.82) is 5.26 Å². The summed E-state index contributed by atoms with van der Waals surface area (Å²) in [6.07, 6.45) is 3.20. The second-order valence-corrected chi connectivity index (χ2v) is 11.7. The molecule has 8 heteroatoms. The molecule has 1 amide bonds. The summed E-state index contributed by atoms with van der Waals surface area (Å²) in [5.41, 5.74) is 2.53. The van der Waals surface area contributed by atoms with Gasteiger partial charge in [-0.2, -0.15) is 5.26 Å². The van der Waals surface area contributed by atoms with Crippen molar-refractivity contribution in [3.63, 3.8) is 0 Å². The lowest BCUT2D eigenvalue weighted by Gasteiger charge is -2.33. The topological polar surface area (TPSA) is 87.8 Å². The molecule has 1 N–H and O–H groups in total. The monoisotopic (exact) mass is 480 g/mol. The van der Waals surface area contributed by atoms with Crippen LogP contribution in [0.2, 0.25) is 0 Å². The van der Waals surface area contributed by atoms with Crippen LogP contribution in [0.25, 0.3) is 10.9 Å². The number of aromatic nitrogens is 2. The number of benzene rings is 1. The van der Waals surface area contributed by atoms with Gasteiger partial charge in [0.25, 0.3) is 5.56 Å². The zero-order valence-corrected chi connectivity index (χ0v) is 21.0. The van der Waals surface area contributed by atoms with Crippen LogP contribution in [0.5, 0.6) is 0 Å². The molecule has 6 nitrogen and oxygen atoms in total. The van der Waals surface area contributed by atoms with Crippen LogP contribution < -0.4 is 10.9 Å². The quantitative estimate of drug-likeness (QED) is 0.404. The molecule has 1 aromatic carbocycles. The van der Waals surface area contributed by atoms with Gasteiger partial charge < -0.3 is 5.32 Å². The molecule has 33 heavy (non-hydrogen) atoms. The van der Waals surface area contributed by atoms with Crippen LogP contribution in [0.3, 0.4) is 0 Å². The third kappa shape index (κ3) is 4.85. The first-order chi connectivity index (χ1) is 15.7. The fraction of sp³-hybridized carbons (Fsp3) is 0.440. The molecule has 3 aromatic rings. The number of fused-ring (bicyclic) bond motifs is 2. The van der Waals surface area contributed by atoms with Crippen molar-refractivity contribution in [2.24, 2.45) is 18.4 Å². The standard InChI is InChI=1S/C25H28N4O2S2/c1-25(2,3)15-9-10-16-18(14-26)22(33-20(16)13-15)28-21(30)11-12-32-24-27-19-8-6-5-7-17(19)23(31)29(24)4/h5-8,15H,9-13H2,1-4H3,(H,28,30). The van der Waals surface area contributed by atoms with Gasteiger partial charge in [0.1, 0.15) is 11.1 Å². The number of carbonyl (C=O) groups is 1. The van der Waals surface area contributed by atoms with E-state index in [1.54, 1.807) is 24.5 Å². The first-order valence-corrected chi connectivity index (χ1v) is 12.9. The molecule has 2 heterocycles. The second-order valence-electron chi connectivity index (χ2n) is 9.55. The number of carbonyl (C=O) groups excluding carboxylic acids is 1. The molecule has 0 fully saturated rings. The number of para-hydroxylation sites is 1. The lowest BCUT2D eigenvalue weighted by molar-refractivity contribution is -0.115. The normalized spacial score (nSPS) is 15.8. The van der Waals surface area contributed by atoms with E-state index < -0.39 is 0 Å². The number of amides is 1. The minimum absolute atomic E-state index is 0.0936. The summed E-state index contributed by atoms with van der Waals surface area (Å²) >= 11 is 2.94. The number of anilines is 1. The van der Waals surface area contributed by atoms with E-state index in [0.29, 0.717) is 38.3 Å². The van der Waals surface area contributed by atoms with Gasteiger partial charge in [-0.05, 0) is 48.3 Å². The van der Waals surface area contributed by atoms with Gasteiger partial charge in [0.15, 0.2) is 5.16 Å². The van der Waals surface area contributed by atoms with E-state index in [4.69, 9.17) is 0 Å². The van der Waals surface area contributed by atoms with Crippen LogP contribution in [0, 0.1) is 22.7 Å². The van der Waals surface area contributed by atoms with Gasteiger partial charge >= 0.3 is 0 Å². The number of thioether (sulfide) groups is 1. The Morgan fingerprint density at radius 2 is 2.12 bits per heavy atom. The largest absolute Gasteiger partial charge is 0.317 e. The molecular formula is C25H28N4O2S2. The molecule has 0 spiro atoms. The average Bonchev–Trinajstić information content (AvgIpc) is 3.12. The predicted octanol–water partition coefficient (Wildman–Crippen LogP) is 5.14. The Bertz CT molecular complexity index is 1310. The number of nitrogens with one attached hydrogen (secondary N) is 1. The van der Waals surface area contributed by atoms with E-state index >= 15 is 0 Å². The first kappa shape index (κ1) is 23.5. The maximum atomic E-state index is 12.7. The summed E-state index contributed by atoms with van der Waals surface area (Å²) < 4.78 is 1.53. The van der Waals surface area contributed by atoms with Crippen molar-refractivity contribution in [3.8, 4) is 6.07 Å². The zero-order chi connectivity index (χ0) is 23.8. The molecule has 0 bridgehead atoms. The van der Waals surface area contributed by atoms with Gasteiger partial charge in [0.2, 0.25) is 5.91 Å². The maximum Gasteiger partial charge on any atom is 0.261 e. The number of hydrogen-bond acceptors (Lipinski definition) is 6. The predicted molar refractivity (Wildman–Crippen MR) is 135 cm³/mol. The minimum atomic E-state index is -0.129. The van der Waals surface area contributed by atoms with Crippen LogP contribution in [-0.2, 0) is 24.7 Å². The molecule has 0 saturated carbocycles. The van der Waals surface area contributed by atoms with Gasteiger partial charge in [0.05, 0.1) is 16.5 Å². The van der Waals surface area contributed by atoms with E-state index in [1.165, 1.54) is 21.2 Å². The number of nitrogens with zero attached hydrogens (tertiary/aromatic N) is 3. The molecule has 2 aromatic heterocycles. The lowest BCUT2D eigenvalue weighted by Crippen LogP contribution is -2.26. The smallest absolute Gasteiger partial charge is 0.261 e. The molecule has 172 valence electrons. The molecule has 1 aliphatic rings. The van der Waals surface area contributed by atoms with Crippen LogP contribution in [-0.4, -0.2) is 21.2 Å². The Labute approximate surface area is 202 Å². The van der Waals surface area contributed by atoms with Gasteiger partial charge in [-0.1, -0.05) is 44.7 Å². The summed E-state index contributed by atoms with van der Waals surface area (Å²) in [6, 6.07) is 9.58. The average molecular weight is 481 g/mol. The van der Waals surface area contributed by atoms with Crippen LogP contribution in [0.4, 0.5) is 5.00 Å². The molecule has 1 atom stereocenters. The Hall–Kier alpha value is -2.63. The molecule has 0 radical (unpaired) electrons. The third-order valence-electron chi connectivity index (χ3n) is 6.36. The number of thiophene rings is 1. The van der Waals surface area contributed by atoms with E-state index in [0.717, 1.165) is 24.8 Å². The summed E-state index contributed by atoms with van der Waals surface area (Å²) in [5.74, 6) is 0.941. The van der Waals surface area contributed by atoms with Crippen molar-refractivity contribution in [2.75, 3.05) is 11.1 Å². The first-order valence-electron chi connectivity index (χ1n) is 11.1. The summed E-state index contributed by atoms with van der Waals surface area (Å²) in [7, 11) is 1.70. The molecule has 1 aliphatic carbocycles. The highest BCUT2D eigenvalue weighted by molar-refractivity contribution is 7.99. The van der Waals surface area contributed by atoms with Gasteiger partial charge in [-0.25, -0.2) is 4.98 Å². The third-order valence-corrected chi connectivity index (χ3v) is 8.56. The molecule has 0 saturated heterocycles. The molecular weight excluding hydrogens is 452 g/mol. The highest BCUT2D eigenvalue weighted by Crippen LogP contribution is 2.44. The summed E-state index contributed by atoms with van der Waals surface area (Å²) in [4.78, 5) is 31.0. The highest BCUT2D eigenvalue weighted by Gasteiger charge is 2.32. The van der Waals surface area contributed by atoms with Crippen LogP contribution in [0.15, 0.2) is 34.2 Å². The Kier molecular flexibility index (Phi) is 6.64. The fourth-order valence-electron chi connectivity index (χ4n) is 4.28. The van der Waals surface area contributed by atoms with Crippen molar-refractivity contribution in [2.45, 2.75) is 51.6 Å². The van der Waals surface area contributed by atoms with Gasteiger partial charge in [0, 0.05) is 24.1 Å². The molecule has 1 unspecified atom stereocenters. The maximum absolute atomic E-state index is 12.7. The Morgan fingerprint density at radius 1 is 1.36 bits per heavy atom. The van der Waals surface area contributed by atoms with Crippen molar-refractivity contribution in [1.82, 2.24) is 9.55 Å². The van der Waals surface area contributed by atoms with E-state index in [-0.39, 0.29) is 23.3 Å². The zero-order valence-electron chi connectivity index (χ0n) is 19.4. The lowest BCUT2D eigenvalue weighted by atomic mass is 9.72. The van der Waals surface area contributed by atoms with Gasteiger partial charge in [-0.3, -0.25) is 14.2 Å². The SMILES string of the molecule is Cn1c(SCCC(=O)Nc2sc3c(c2C#N)CCC(C(C)(C)C)C3)nc2ccccc2c1=O. The van der Waals surface area contributed by atoms with Crippen molar-refractivity contribution >= 4 is 44.9 Å². The fourth-order valence-corrected chi connectivity index (χ4v) is 6.49. The summed E-state index contributed by atoms with van der Waals surface area (Å²) in [6.45, 7) is 6.80. The second kappa shape index (κ2) is 9.32. The van der Waals surface area contributed by atoms with Crippen LogP contribution in [0.1, 0.15) is 49.6 Å². The van der Waals surface area contributed by atoms with E-state index in [9.17, 15) is 14.9 Å². The minimum Gasteiger partial charge on any atom is -0.317 e. The van der Waals surface area contributed by atoms with Gasteiger partial charge in [-0.15, -0.1) is 11.3 Å². The van der Waals surface area contributed by atoms with E-state index in [1.807, 2.05) is 18.2 Å². The van der Waals surface area contributed by atoms with Crippen LogP contribution >= 0.6 is 23.1 Å². The van der Waals surface area contributed by atoms with E-state index in [2.05, 4.69) is 37.1 Å². The summed E-state index contributed by atoms with van der Waals surface area (Å²) in [5, 5.41) is 14.5.